The van der Waals surface area contributed by atoms with Crippen molar-refractivity contribution in [2.45, 2.75) is 26.3 Å². The lowest BCUT2D eigenvalue weighted by Gasteiger charge is -2.23. The van der Waals surface area contributed by atoms with Gasteiger partial charge < -0.3 is 10.8 Å². The Balaban J connectivity index is 2.91. The van der Waals surface area contributed by atoms with E-state index < -0.39 is 18.0 Å². The zero-order chi connectivity index (χ0) is 12.3. The number of carbonyl (C=O) groups excluding carboxylic acids is 1. The highest BCUT2D eigenvalue weighted by Crippen LogP contribution is 2.16. The van der Waals surface area contributed by atoms with Gasteiger partial charge in [-0.1, -0.05) is 0 Å². The number of urea groups is 1. The highest BCUT2D eigenvalue weighted by atomic mass is 16.4. The number of aryl methyl sites for hydroxylation is 1. The number of anilines is 1. The number of hydrogen-bond donors (Lipinski definition) is 3. The largest absolute Gasteiger partial charge is 0.481 e. The van der Waals surface area contributed by atoms with Crippen LogP contribution >= 0.6 is 0 Å². The first-order valence-electron chi connectivity index (χ1n) is 4.74. The Morgan fingerprint density at radius 2 is 2.31 bits per heavy atom. The van der Waals surface area contributed by atoms with Crippen molar-refractivity contribution in [2.24, 2.45) is 5.73 Å². The third-order valence-electron chi connectivity index (χ3n) is 2.09. The molecule has 0 aliphatic heterocycles. The van der Waals surface area contributed by atoms with Crippen molar-refractivity contribution >= 4 is 17.8 Å². The Hall–Kier alpha value is -2.05. The minimum absolute atomic E-state index is 0.186. The van der Waals surface area contributed by atoms with Gasteiger partial charge in [-0.15, -0.1) is 0 Å². The minimum Gasteiger partial charge on any atom is -0.481 e. The van der Waals surface area contributed by atoms with Gasteiger partial charge in [-0.25, -0.2) is 4.79 Å². The first-order chi connectivity index (χ1) is 7.41. The van der Waals surface area contributed by atoms with Crippen LogP contribution in [0.2, 0.25) is 0 Å². The number of carbonyl (C=O) groups is 2. The van der Waals surface area contributed by atoms with E-state index in [0.29, 0.717) is 5.82 Å². The van der Waals surface area contributed by atoms with Crippen LogP contribution in [0.15, 0.2) is 6.07 Å². The summed E-state index contributed by atoms with van der Waals surface area (Å²) in [4.78, 5) is 23.0. The van der Waals surface area contributed by atoms with Crippen LogP contribution < -0.4 is 10.6 Å². The number of aromatic nitrogens is 2. The molecule has 88 valence electrons. The van der Waals surface area contributed by atoms with Gasteiger partial charge in [0.2, 0.25) is 0 Å². The molecule has 4 N–H and O–H groups in total. The summed E-state index contributed by atoms with van der Waals surface area (Å²) in [6.07, 6.45) is -0.186. The molecule has 0 aliphatic carbocycles. The maximum atomic E-state index is 11.2. The third kappa shape index (κ3) is 2.72. The number of carboxylic acid groups (broad SMARTS) is 1. The zero-order valence-electron chi connectivity index (χ0n) is 9.10. The number of primary amides is 1. The van der Waals surface area contributed by atoms with Gasteiger partial charge in [0, 0.05) is 17.8 Å². The number of aliphatic carboxylic acids is 1. The fourth-order valence-corrected chi connectivity index (χ4v) is 1.43. The summed E-state index contributed by atoms with van der Waals surface area (Å²) in [5.41, 5.74) is 5.96. The van der Waals surface area contributed by atoms with E-state index in [0.717, 1.165) is 10.6 Å². The first-order valence-corrected chi connectivity index (χ1v) is 4.74. The molecule has 0 bridgehead atoms. The molecule has 0 spiro atoms. The van der Waals surface area contributed by atoms with E-state index in [2.05, 4.69) is 10.2 Å². The van der Waals surface area contributed by atoms with Crippen molar-refractivity contribution in [1.82, 2.24) is 10.2 Å². The van der Waals surface area contributed by atoms with Gasteiger partial charge in [0.05, 0.1) is 6.42 Å². The molecular weight excluding hydrogens is 212 g/mol. The molecule has 0 radical (unpaired) electrons. The van der Waals surface area contributed by atoms with E-state index in [1.165, 1.54) is 0 Å². The van der Waals surface area contributed by atoms with Gasteiger partial charge in [0.15, 0.2) is 5.82 Å². The standard InChI is InChI=1S/C9H14N4O3/c1-5-3-7(12-11-5)13(9(10)16)6(2)4-8(14)15/h3,6H,4H2,1-2H3,(H2,10,16)(H,11,12)(H,14,15). The van der Waals surface area contributed by atoms with Crippen LogP contribution in [0.25, 0.3) is 0 Å². The van der Waals surface area contributed by atoms with Crippen molar-refractivity contribution in [1.29, 1.82) is 0 Å². The second kappa shape index (κ2) is 4.65. The Labute approximate surface area is 92.2 Å². The third-order valence-corrected chi connectivity index (χ3v) is 2.09. The lowest BCUT2D eigenvalue weighted by atomic mass is 10.2. The smallest absolute Gasteiger partial charge is 0.320 e. The predicted octanol–water partition coefficient (Wildman–Crippen LogP) is 0.466. The van der Waals surface area contributed by atoms with E-state index in [1.54, 1.807) is 19.9 Å². The lowest BCUT2D eigenvalue weighted by Crippen LogP contribution is -2.43. The number of carboxylic acids is 1. The Morgan fingerprint density at radius 3 is 2.69 bits per heavy atom. The van der Waals surface area contributed by atoms with Crippen LogP contribution in [0.1, 0.15) is 19.0 Å². The van der Waals surface area contributed by atoms with Crippen molar-refractivity contribution < 1.29 is 14.7 Å². The monoisotopic (exact) mass is 226 g/mol. The molecule has 7 nitrogen and oxygen atoms in total. The Morgan fingerprint density at radius 1 is 1.69 bits per heavy atom. The molecule has 1 atom stereocenters. The summed E-state index contributed by atoms with van der Waals surface area (Å²) in [5.74, 6) is -0.662. The molecule has 16 heavy (non-hydrogen) atoms. The number of rotatable bonds is 4. The first kappa shape index (κ1) is 12.0. The SMILES string of the molecule is Cc1cc(N(C(N)=O)C(C)CC(=O)O)n[nH]1. The maximum absolute atomic E-state index is 11.2. The fourth-order valence-electron chi connectivity index (χ4n) is 1.43. The Bertz CT molecular complexity index is 401. The maximum Gasteiger partial charge on any atom is 0.320 e. The predicted molar refractivity (Wildman–Crippen MR) is 57.1 cm³/mol. The van der Waals surface area contributed by atoms with Crippen molar-refractivity contribution in [3.05, 3.63) is 11.8 Å². The van der Waals surface area contributed by atoms with Crippen LogP contribution in [-0.2, 0) is 4.79 Å². The van der Waals surface area contributed by atoms with Gasteiger partial charge in [0.1, 0.15) is 0 Å². The topological polar surface area (TPSA) is 112 Å². The van der Waals surface area contributed by atoms with E-state index in [9.17, 15) is 9.59 Å². The average molecular weight is 226 g/mol. The summed E-state index contributed by atoms with van der Waals surface area (Å²) in [7, 11) is 0. The number of nitrogens with one attached hydrogen (secondary N) is 1. The van der Waals surface area contributed by atoms with Crippen LogP contribution in [0.5, 0.6) is 0 Å². The van der Waals surface area contributed by atoms with E-state index in [-0.39, 0.29) is 6.42 Å². The molecule has 1 heterocycles. The molecule has 1 aromatic rings. The fraction of sp³-hybridized carbons (Fsp3) is 0.444. The van der Waals surface area contributed by atoms with Crippen LogP contribution in [0, 0.1) is 6.92 Å². The van der Waals surface area contributed by atoms with Crippen molar-refractivity contribution in [3.63, 3.8) is 0 Å². The minimum atomic E-state index is -0.994. The van der Waals surface area contributed by atoms with E-state index in [4.69, 9.17) is 10.8 Å². The van der Waals surface area contributed by atoms with Gasteiger partial charge >= 0.3 is 12.0 Å². The number of amides is 2. The summed E-state index contributed by atoms with van der Waals surface area (Å²) in [6, 6.07) is 0.362. The lowest BCUT2D eigenvalue weighted by molar-refractivity contribution is -0.137. The molecule has 0 saturated heterocycles. The highest BCUT2D eigenvalue weighted by Gasteiger charge is 2.23. The second-order valence-electron chi connectivity index (χ2n) is 3.56. The molecule has 7 heteroatoms. The summed E-state index contributed by atoms with van der Waals surface area (Å²) in [6.45, 7) is 3.38. The van der Waals surface area contributed by atoms with Gasteiger partial charge in [-0.2, -0.15) is 5.10 Å². The number of nitrogens with zero attached hydrogens (tertiary/aromatic N) is 2. The molecular formula is C9H14N4O3. The Kier molecular flexibility index (Phi) is 3.49. The van der Waals surface area contributed by atoms with Crippen LogP contribution in [0.3, 0.4) is 0 Å². The van der Waals surface area contributed by atoms with E-state index in [1.807, 2.05) is 0 Å². The molecule has 1 unspecified atom stereocenters. The summed E-state index contributed by atoms with van der Waals surface area (Å²) in [5, 5.41) is 15.2. The zero-order valence-corrected chi connectivity index (χ0v) is 9.10. The quantitative estimate of drug-likeness (QED) is 0.692. The summed E-state index contributed by atoms with van der Waals surface area (Å²) < 4.78 is 0. The average Bonchev–Trinajstić information content (AvgIpc) is 2.49. The normalized spacial score (nSPS) is 12.1. The molecule has 2 amide bonds. The van der Waals surface area contributed by atoms with Crippen molar-refractivity contribution in [2.75, 3.05) is 4.90 Å². The molecule has 1 aromatic heterocycles. The number of nitrogens with two attached hydrogens (primary N) is 1. The van der Waals surface area contributed by atoms with Crippen LogP contribution in [-0.4, -0.2) is 33.3 Å². The number of hydrogen-bond acceptors (Lipinski definition) is 3. The molecule has 0 saturated carbocycles. The van der Waals surface area contributed by atoms with Gasteiger partial charge in [0.25, 0.3) is 0 Å². The molecule has 1 rings (SSSR count). The van der Waals surface area contributed by atoms with E-state index >= 15 is 0 Å². The second-order valence-corrected chi connectivity index (χ2v) is 3.56. The number of aromatic amines is 1. The van der Waals surface area contributed by atoms with Gasteiger partial charge in [-0.05, 0) is 13.8 Å². The summed E-state index contributed by atoms with van der Waals surface area (Å²) >= 11 is 0. The van der Waals surface area contributed by atoms with Crippen molar-refractivity contribution in [3.8, 4) is 0 Å². The highest BCUT2D eigenvalue weighted by molar-refractivity contribution is 5.90. The van der Waals surface area contributed by atoms with Crippen LogP contribution in [0.4, 0.5) is 10.6 Å². The number of H-pyrrole nitrogens is 1. The molecule has 0 aromatic carbocycles. The molecule has 0 fully saturated rings. The molecule has 0 aliphatic rings. The van der Waals surface area contributed by atoms with Gasteiger partial charge in [-0.3, -0.25) is 14.8 Å².